The fourth-order valence-electron chi connectivity index (χ4n) is 1.22. The molecule has 1 atom stereocenters. The highest BCUT2D eigenvalue weighted by molar-refractivity contribution is 7.87. The highest BCUT2D eigenvalue weighted by atomic mass is 35.7. The lowest BCUT2D eigenvalue weighted by molar-refractivity contribution is 0.251. The van der Waals surface area contributed by atoms with E-state index >= 15 is 0 Å². The first-order valence-electron chi connectivity index (χ1n) is 5.50. The Morgan fingerprint density at radius 1 is 1.33 bits per heavy atom. The molecule has 0 rings (SSSR count). The van der Waals surface area contributed by atoms with Crippen LogP contribution in [0.3, 0.4) is 0 Å². The topological polar surface area (TPSA) is 9.23 Å². The average molecular weight is 271 g/mol. The molecule has 0 spiro atoms. The third-order valence-corrected chi connectivity index (χ3v) is 5.44. The summed E-state index contributed by atoms with van der Waals surface area (Å²) in [4.78, 5) is 0. The van der Waals surface area contributed by atoms with Crippen molar-refractivity contribution >= 4 is 30.1 Å². The van der Waals surface area contributed by atoms with Gasteiger partial charge in [-0.1, -0.05) is 38.4 Å². The van der Waals surface area contributed by atoms with Gasteiger partial charge < -0.3 is 4.74 Å². The summed E-state index contributed by atoms with van der Waals surface area (Å²) in [5, 5.41) is 1.62. The van der Waals surface area contributed by atoms with Crippen LogP contribution in [0.15, 0.2) is 10.5 Å². The molecule has 0 fully saturated rings. The number of unbranched alkanes of at least 4 members (excludes halogenated alkanes) is 1. The fourth-order valence-corrected chi connectivity index (χ4v) is 4.81. The van der Waals surface area contributed by atoms with E-state index in [9.17, 15) is 0 Å². The van der Waals surface area contributed by atoms with Crippen LogP contribution in [0.4, 0.5) is 0 Å². The first-order chi connectivity index (χ1) is 7.04. The largest absolute Gasteiger partial charge is 0.483 e. The van der Waals surface area contributed by atoms with E-state index in [0.29, 0.717) is 17.7 Å². The van der Waals surface area contributed by atoms with Crippen LogP contribution >= 0.6 is 30.1 Å². The maximum Gasteiger partial charge on any atom is 0.191 e. The molecule has 0 aliphatic carbocycles. The standard InChI is InChI=1S/C11H21Cl2OP/c1-5-7-8-15(13)10(9(3)4)11(12)14-6-2/h9H,5-8H2,1-4H3/b11-10-. The van der Waals surface area contributed by atoms with Crippen LogP contribution in [0.5, 0.6) is 0 Å². The molecule has 0 bridgehead atoms. The first kappa shape index (κ1) is 15.6. The molecule has 0 saturated carbocycles. The van der Waals surface area contributed by atoms with Crippen molar-refractivity contribution in [3.05, 3.63) is 10.5 Å². The Labute approximate surface area is 105 Å². The monoisotopic (exact) mass is 270 g/mol. The molecular formula is C11H21Cl2OP. The van der Waals surface area contributed by atoms with Gasteiger partial charge >= 0.3 is 0 Å². The highest BCUT2D eigenvalue weighted by Crippen LogP contribution is 2.55. The summed E-state index contributed by atoms with van der Waals surface area (Å²) in [5.41, 5.74) is 0. The van der Waals surface area contributed by atoms with Gasteiger partial charge in [-0.05, 0) is 37.0 Å². The summed E-state index contributed by atoms with van der Waals surface area (Å²) >= 11 is 12.5. The molecular weight excluding hydrogens is 250 g/mol. The molecule has 15 heavy (non-hydrogen) atoms. The van der Waals surface area contributed by atoms with E-state index < -0.39 is 7.27 Å². The quantitative estimate of drug-likeness (QED) is 0.437. The molecule has 0 aliphatic heterocycles. The molecule has 1 unspecified atom stereocenters. The second-order valence-corrected chi connectivity index (χ2v) is 6.91. The minimum Gasteiger partial charge on any atom is -0.483 e. The maximum atomic E-state index is 6.39. The fraction of sp³-hybridized carbons (Fsp3) is 0.818. The van der Waals surface area contributed by atoms with E-state index in [4.69, 9.17) is 27.6 Å². The van der Waals surface area contributed by atoms with Gasteiger partial charge in [0, 0.05) is 12.6 Å². The van der Waals surface area contributed by atoms with Gasteiger partial charge in [0.05, 0.1) is 6.61 Å². The van der Waals surface area contributed by atoms with Crippen LogP contribution in [0, 0.1) is 5.92 Å². The molecule has 0 heterocycles. The minimum absolute atomic E-state index is 0.365. The van der Waals surface area contributed by atoms with Crippen molar-refractivity contribution in [2.45, 2.75) is 40.5 Å². The highest BCUT2D eigenvalue weighted by Gasteiger charge is 2.19. The average Bonchev–Trinajstić information content (AvgIpc) is 2.14. The first-order valence-corrected chi connectivity index (χ1v) is 8.31. The summed E-state index contributed by atoms with van der Waals surface area (Å²) < 4.78 is 5.34. The molecule has 4 heteroatoms. The van der Waals surface area contributed by atoms with E-state index in [1.54, 1.807) is 0 Å². The molecule has 0 amide bonds. The number of halogens is 2. The zero-order valence-corrected chi connectivity index (χ0v) is 12.4. The molecule has 0 aromatic heterocycles. The van der Waals surface area contributed by atoms with Crippen LogP contribution in [-0.2, 0) is 4.74 Å². The van der Waals surface area contributed by atoms with E-state index in [1.807, 2.05) is 6.92 Å². The number of ether oxygens (including phenoxy) is 1. The predicted octanol–water partition coefficient (Wildman–Crippen LogP) is 5.52. The van der Waals surface area contributed by atoms with Gasteiger partial charge in [-0.3, -0.25) is 0 Å². The summed E-state index contributed by atoms with van der Waals surface area (Å²) in [6, 6.07) is 0. The van der Waals surface area contributed by atoms with Crippen molar-refractivity contribution in [2.75, 3.05) is 12.8 Å². The number of rotatable bonds is 7. The van der Waals surface area contributed by atoms with Gasteiger partial charge in [0.15, 0.2) is 5.22 Å². The molecule has 0 radical (unpaired) electrons. The summed E-state index contributed by atoms with van der Waals surface area (Å²) in [6.07, 6.45) is 3.36. The summed E-state index contributed by atoms with van der Waals surface area (Å²) in [6.45, 7) is 8.93. The van der Waals surface area contributed by atoms with E-state index in [1.165, 1.54) is 6.42 Å². The Morgan fingerprint density at radius 2 is 1.93 bits per heavy atom. The van der Waals surface area contributed by atoms with Crippen molar-refractivity contribution < 1.29 is 4.74 Å². The van der Waals surface area contributed by atoms with Gasteiger partial charge in [0.2, 0.25) is 0 Å². The Hall–Kier alpha value is 0.550. The molecule has 0 N–H and O–H groups in total. The van der Waals surface area contributed by atoms with Crippen LogP contribution in [-0.4, -0.2) is 12.8 Å². The number of hydrogen-bond acceptors (Lipinski definition) is 1. The Bertz CT molecular complexity index is 205. The lowest BCUT2D eigenvalue weighted by Gasteiger charge is -2.19. The van der Waals surface area contributed by atoms with Crippen molar-refractivity contribution in [3.63, 3.8) is 0 Å². The Morgan fingerprint density at radius 3 is 2.33 bits per heavy atom. The minimum atomic E-state index is -0.645. The van der Waals surface area contributed by atoms with Crippen molar-refractivity contribution in [1.29, 1.82) is 0 Å². The third-order valence-electron chi connectivity index (χ3n) is 1.99. The smallest absolute Gasteiger partial charge is 0.191 e. The van der Waals surface area contributed by atoms with Gasteiger partial charge in [0.25, 0.3) is 0 Å². The van der Waals surface area contributed by atoms with Crippen molar-refractivity contribution in [3.8, 4) is 0 Å². The SMILES string of the molecule is CCCCP(Cl)/C(=C(/Cl)OCC)C(C)C. The van der Waals surface area contributed by atoms with Crippen LogP contribution < -0.4 is 0 Å². The zero-order chi connectivity index (χ0) is 11.8. The normalized spacial score (nSPS) is 15.1. The lowest BCUT2D eigenvalue weighted by Crippen LogP contribution is -1.98. The lowest BCUT2D eigenvalue weighted by atomic mass is 10.2. The van der Waals surface area contributed by atoms with E-state index in [-0.39, 0.29) is 0 Å². The third kappa shape index (κ3) is 6.00. The van der Waals surface area contributed by atoms with Gasteiger partial charge in [-0.2, -0.15) is 0 Å². The Kier molecular flexibility index (Phi) is 8.99. The molecule has 90 valence electrons. The molecule has 0 aromatic carbocycles. The van der Waals surface area contributed by atoms with Crippen molar-refractivity contribution in [1.82, 2.24) is 0 Å². The second kappa shape index (κ2) is 8.67. The van der Waals surface area contributed by atoms with Crippen LogP contribution in [0.1, 0.15) is 40.5 Å². The van der Waals surface area contributed by atoms with Gasteiger partial charge in [0.1, 0.15) is 0 Å². The summed E-state index contributed by atoms with van der Waals surface area (Å²) in [7, 11) is -0.645. The number of allylic oxidation sites excluding steroid dienone is 1. The van der Waals surface area contributed by atoms with Crippen molar-refractivity contribution in [2.24, 2.45) is 5.92 Å². The van der Waals surface area contributed by atoms with E-state index in [2.05, 4.69) is 20.8 Å². The molecule has 0 aromatic rings. The zero-order valence-electron chi connectivity index (χ0n) is 10.0. The predicted molar refractivity (Wildman–Crippen MR) is 71.9 cm³/mol. The molecule has 0 aliphatic rings. The molecule has 1 nitrogen and oxygen atoms in total. The maximum absolute atomic E-state index is 6.39. The number of hydrogen-bond donors (Lipinski definition) is 0. The van der Waals surface area contributed by atoms with Gasteiger partial charge in [-0.25, -0.2) is 0 Å². The van der Waals surface area contributed by atoms with Crippen LogP contribution in [0.25, 0.3) is 0 Å². The summed E-state index contributed by atoms with van der Waals surface area (Å²) in [5.74, 6) is 0.365. The molecule has 0 saturated heterocycles. The van der Waals surface area contributed by atoms with E-state index in [0.717, 1.165) is 17.9 Å². The van der Waals surface area contributed by atoms with Gasteiger partial charge in [-0.15, -0.1) is 0 Å². The van der Waals surface area contributed by atoms with Crippen LogP contribution in [0.2, 0.25) is 0 Å². The Balaban J connectivity index is 4.57. The second-order valence-electron chi connectivity index (χ2n) is 3.69.